The molecule has 0 bridgehead atoms. The van der Waals surface area contributed by atoms with Gasteiger partial charge in [0.1, 0.15) is 10.7 Å². The monoisotopic (exact) mass is 259 g/mol. The maximum absolute atomic E-state index is 11.0. The first kappa shape index (κ1) is 9.34. The number of carbonyl (C=O) groups is 1. The number of hydrogen-bond donors (Lipinski definition) is 0. The van der Waals surface area contributed by atoms with Crippen LogP contribution in [0.4, 0.5) is 0 Å². The molecule has 0 aliphatic heterocycles. The molecule has 1 aliphatic carbocycles. The van der Waals surface area contributed by atoms with Gasteiger partial charge in [0.25, 0.3) is 0 Å². The maximum Gasteiger partial charge on any atom is 0.178 e. The van der Waals surface area contributed by atoms with Crippen molar-refractivity contribution >= 4 is 33.0 Å². The quantitative estimate of drug-likeness (QED) is 0.617. The van der Waals surface area contributed by atoms with E-state index < -0.39 is 0 Å². The zero-order valence-corrected chi connectivity index (χ0v) is 9.69. The van der Waals surface area contributed by atoms with Gasteiger partial charge in [-0.15, -0.1) is 11.3 Å². The molecular weight excluding hydrogens is 250 g/mol. The Hall–Kier alpha value is -0.220. The Morgan fingerprint density at radius 2 is 2.46 bits per heavy atom. The standard InChI is InChI=1S/C9H10BrNOS/c1-5(12)7-4-13-9(11-7)8(10)6-2-3-6/h4,6,8H,2-3H2,1H3. The summed E-state index contributed by atoms with van der Waals surface area (Å²) in [6, 6.07) is 0. The van der Waals surface area contributed by atoms with Crippen molar-refractivity contribution in [2.75, 3.05) is 0 Å². The van der Waals surface area contributed by atoms with E-state index in [1.54, 1.807) is 18.3 Å². The first-order valence-corrected chi connectivity index (χ1v) is 6.08. The molecule has 0 spiro atoms. The van der Waals surface area contributed by atoms with Crippen LogP contribution in [0, 0.1) is 5.92 Å². The van der Waals surface area contributed by atoms with Gasteiger partial charge < -0.3 is 0 Å². The number of aromatic nitrogens is 1. The van der Waals surface area contributed by atoms with Crippen LogP contribution in [0.5, 0.6) is 0 Å². The number of hydrogen-bond acceptors (Lipinski definition) is 3. The van der Waals surface area contributed by atoms with Crippen LogP contribution in [0.15, 0.2) is 5.38 Å². The first-order valence-electron chi connectivity index (χ1n) is 4.29. The Labute approximate surface area is 89.5 Å². The Morgan fingerprint density at radius 1 is 1.77 bits per heavy atom. The number of thiazole rings is 1. The van der Waals surface area contributed by atoms with Gasteiger partial charge in [-0.1, -0.05) is 15.9 Å². The number of carbonyl (C=O) groups excluding carboxylic acids is 1. The highest BCUT2D eigenvalue weighted by atomic mass is 79.9. The second-order valence-electron chi connectivity index (χ2n) is 3.37. The average Bonchev–Trinajstić information content (AvgIpc) is 2.81. The summed E-state index contributed by atoms with van der Waals surface area (Å²) in [5.41, 5.74) is 0.602. The summed E-state index contributed by atoms with van der Waals surface area (Å²) >= 11 is 5.19. The summed E-state index contributed by atoms with van der Waals surface area (Å²) in [7, 11) is 0. The summed E-state index contributed by atoms with van der Waals surface area (Å²) in [5, 5.41) is 2.89. The van der Waals surface area contributed by atoms with Crippen LogP contribution < -0.4 is 0 Å². The summed E-state index contributed by atoms with van der Waals surface area (Å²) in [6.45, 7) is 1.55. The summed E-state index contributed by atoms with van der Waals surface area (Å²) in [6.07, 6.45) is 2.57. The van der Waals surface area contributed by atoms with E-state index >= 15 is 0 Å². The van der Waals surface area contributed by atoms with Crippen LogP contribution in [0.25, 0.3) is 0 Å². The fraction of sp³-hybridized carbons (Fsp3) is 0.556. The second kappa shape index (κ2) is 3.50. The van der Waals surface area contributed by atoms with Crippen LogP contribution in [0.1, 0.15) is 40.1 Å². The van der Waals surface area contributed by atoms with Gasteiger partial charge in [0.05, 0.1) is 4.83 Å². The molecule has 0 aromatic carbocycles. The van der Waals surface area contributed by atoms with E-state index in [4.69, 9.17) is 0 Å². The third-order valence-corrected chi connectivity index (χ3v) is 4.57. The van der Waals surface area contributed by atoms with Gasteiger partial charge in [-0.2, -0.15) is 0 Å². The van der Waals surface area contributed by atoms with Gasteiger partial charge in [0.2, 0.25) is 0 Å². The smallest absolute Gasteiger partial charge is 0.178 e. The summed E-state index contributed by atoms with van der Waals surface area (Å²) in [5.74, 6) is 0.795. The Bertz CT molecular complexity index is 332. The van der Waals surface area contributed by atoms with E-state index in [1.165, 1.54) is 12.8 Å². The van der Waals surface area contributed by atoms with Crippen molar-refractivity contribution in [3.8, 4) is 0 Å². The van der Waals surface area contributed by atoms with E-state index in [0.29, 0.717) is 10.5 Å². The van der Waals surface area contributed by atoms with Gasteiger partial charge >= 0.3 is 0 Å². The minimum atomic E-state index is 0.0537. The molecule has 1 fully saturated rings. The highest BCUT2D eigenvalue weighted by molar-refractivity contribution is 9.09. The minimum absolute atomic E-state index is 0.0537. The lowest BCUT2D eigenvalue weighted by atomic mass is 10.3. The molecule has 1 atom stereocenters. The van der Waals surface area contributed by atoms with Gasteiger partial charge in [-0.25, -0.2) is 4.98 Å². The zero-order valence-electron chi connectivity index (χ0n) is 7.29. The van der Waals surface area contributed by atoms with E-state index in [9.17, 15) is 4.79 Å². The third kappa shape index (κ3) is 1.99. The van der Waals surface area contributed by atoms with Crippen molar-refractivity contribution in [2.45, 2.75) is 24.6 Å². The molecule has 13 heavy (non-hydrogen) atoms. The number of nitrogens with zero attached hydrogens (tertiary/aromatic N) is 1. The largest absolute Gasteiger partial charge is 0.293 e. The minimum Gasteiger partial charge on any atom is -0.293 e. The van der Waals surface area contributed by atoms with Crippen molar-refractivity contribution in [3.05, 3.63) is 16.1 Å². The van der Waals surface area contributed by atoms with Crippen molar-refractivity contribution in [1.29, 1.82) is 0 Å². The number of alkyl halides is 1. The second-order valence-corrected chi connectivity index (χ2v) is 5.24. The summed E-state index contributed by atoms with van der Waals surface area (Å²) < 4.78 is 0. The molecule has 1 aromatic rings. The first-order chi connectivity index (χ1) is 6.18. The van der Waals surface area contributed by atoms with Crippen LogP contribution in [-0.4, -0.2) is 10.8 Å². The Morgan fingerprint density at radius 3 is 2.92 bits per heavy atom. The topological polar surface area (TPSA) is 30.0 Å². The molecule has 1 saturated carbocycles. The number of Topliss-reactive ketones (excluding diaryl/α,β-unsaturated/α-hetero) is 1. The van der Waals surface area contributed by atoms with Crippen LogP contribution in [0.2, 0.25) is 0 Å². The lowest BCUT2D eigenvalue weighted by molar-refractivity contribution is 0.101. The van der Waals surface area contributed by atoms with E-state index in [0.717, 1.165) is 10.9 Å². The molecule has 70 valence electrons. The Kier molecular flexibility index (Phi) is 2.51. The van der Waals surface area contributed by atoms with Gasteiger partial charge in [0.15, 0.2) is 5.78 Å². The molecule has 0 N–H and O–H groups in total. The predicted molar refractivity (Wildman–Crippen MR) is 56.5 cm³/mol. The lowest BCUT2D eigenvalue weighted by Gasteiger charge is -2.01. The maximum atomic E-state index is 11.0. The molecule has 0 saturated heterocycles. The number of halogens is 1. The van der Waals surface area contributed by atoms with Crippen LogP contribution in [0.3, 0.4) is 0 Å². The van der Waals surface area contributed by atoms with Gasteiger partial charge in [-0.05, 0) is 18.8 Å². The van der Waals surface area contributed by atoms with Crippen molar-refractivity contribution < 1.29 is 4.79 Å². The molecule has 1 unspecified atom stereocenters. The van der Waals surface area contributed by atoms with Crippen LogP contribution >= 0.6 is 27.3 Å². The fourth-order valence-electron chi connectivity index (χ4n) is 1.17. The van der Waals surface area contributed by atoms with E-state index in [2.05, 4.69) is 20.9 Å². The molecule has 4 heteroatoms. The average molecular weight is 260 g/mol. The molecule has 1 aliphatic rings. The normalized spacial score (nSPS) is 18.6. The van der Waals surface area contributed by atoms with Gasteiger partial charge in [-0.3, -0.25) is 4.79 Å². The molecular formula is C9H10BrNOS. The van der Waals surface area contributed by atoms with E-state index in [-0.39, 0.29) is 5.78 Å². The predicted octanol–water partition coefficient (Wildman–Crippen LogP) is 3.19. The van der Waals surface area contributed by atoms with Gasteiger partial charge in [0, 0.05) is 12.3 Å². The zero-order chi connectivity index (χ0) is 9.42. The highest BCUT2D eigenvalue weighted by Gasteiger charge is 2.32. The fourth-order valence-corrected chi connectivity index (χ4v) is 3.05. The third-order valence-electron chi connectivity index (χ3n) is 2.15. The molecule has 1 heterocycles. The molecule has 0 radical (unpaired) electrons. The molecule has 2 rings (SSSR count). The van der Waals surface area contributed by atoms with Crippen molar-refractivity contribution in [3.63, 3.8) is 0 Å². The number of rotatable bonds is 3. The number of ketones is 1. The molecule has 2 nitrogen and oxygen atoms in total. The highest BCUT2D eigenvalue weighted by Crippen LogP contribution is 2.46. The molecule has 1 aromatic heterocycles. The SMILES string of the molecule is CC(=O)c1csc(C(Br)C2CC2)n1. The van der Waals surface area contributed by atoms with E-state index in [1.807, 2.05) is 5.38 Å². The lowest BCUT2D eigenvalue weighted by Crippen LogP contribution is -1.95. The van der Waals surface area contributed by atoms with Crippen molar-refractivity contribution in [1.82, 2.24) is 4.98 Å². The molecule has 0 amide bonds. The van der Waals surface area contributed by atoms with Crippen molar-refractivity contribution in [2.24, 2.45) is 5.92 Å². The summed E-state index contributed by atoms with van der Waals surface area (Å²) in [4.78, 5) is 15.7. The Balaban J connectivity index is 2.16. The van der Waals surface area contributed by atoms with Crippen LogP contribution in [-0.2, 0) is 0 Å².